The van der Waals surface area contributed by atoms with Gasteiger partial charge in [-0.25, -0.2) is 4.79 Å². The lowest BCUT2D eigenvalue weighted by Gasteiger charge is -2.43. The molecule has 3 rings (SSSR count). The molecule has 7 heteroatoms. The van der Waals surface area contributed by atoms with Crippen LogP contribution in [0.2, 0.25) is 0 Å². The molecule has 0 saturated carbocycles. The van der Waals surface area contributed by atoms with Crippen LogP contribution < -0.4 is 10.6 Å². The van der Waals surface area contributed by atoms with Gasteiger partial charge in [0.15, 0.2) is 0 Å². The number of nitrogens with zero attached hydrogens (tertiary/aromatic N) is 2. The molecule has 0 aromatic heterocycles. The molecule has 0 aliphatic carbocycles. The molecule has 32 heavy (non-hydrogen) atoms. The number of likely N-dealkylation sites (tertiary alicyclic amines) is 1. The van der Waals surface area contributed by atoms with Crippen LogP contribution >= 0.6 is 0 Å². The van der Waals surface area contributed by atoms with E-state index in [9.17, 15) is 9.59 Å². The maximum atomic E-state index is 13.1. The number of rotatable bonds is 6. The van der Waals surface area contributed by atoms with Crippen molar-refractivity contribution in [3.05, 3.63) is 29.3 Å². The lowest BCUT2D eigenvalue weighted by Crippen LogP contribution is -2.57. The van der Waals surface area contributed by atoms with Gasteiger partial charge >= 0.3 is 6.03 Å². The van der Waals surface area contributed by atoms with Crippen molar-refractivity contribution >= 4 is 17.6 Å². The van der Waals surface area contributed by atoms with Gasteiger partial charge in [-0.15, -0.1) is 0 Å². The monoisotopic (exact) mass is 444 g/mol. The SMILES string of the molecule is CC[C@](C)(CNC(=O)Nc1cc(C(=O)N2C[C@H](C)C[C@H](C)C2)ccc1C)N1CCOCC1. The number of benzene rings is 1. The predicted octanol–water partition coefficient (Wildman–Crippen LogP) is 3.74. The van der Waals surface area contributed by atoms with Gasteiger partial charge < -0.3 is 20.3 Å². The van der Waals surface area contributed by atoms with Crippen molar-refractivity contribution in [1.29, 1.82) is 0 Å². The average molecular weight is 445 g/mol. The molecular weight excluding hydrogens is 404 g/mol. The van der Waals surface area contributed by atoms with Crippen molar-refractivity contribution in [1.82, 2.24) is 15.1 Å². The number of aryl methyl sites for hydroxylation is 1. The zero-order chi connectivity index (χ0) is 23.3. The Morgan fingerprint density at radius 3 is 2.44 bits per heavy atom. The third-order valence-electron chi connectivity index (χ3n) is 7.05. The number of carbonyl (C=O) groups is 2. The van der Waals surface area contributed by atoms with Crippen LogP contribution in [0.1, 0.15) is 56.5 Å². The van der Waals surface area contributed by atoms with Crippen LogP contribution in [-0.4, -0.2) is 73.2 Å². The van der Waals surface area contributed by atoms with Gasteiger partial charge in [-0.3, -0.25) is 9.69 Å². The Morgan fingerprint density at radius 1 is 1.16 bits per heavy atom. The van der Waals surface area contributed by atoms with Gasteiger partial charge in [-0.05, 0) is 56.2 Å². The third kappa shape index (κ3) is 6.01. The summed E-state index contributed by atoms with van der Waals surface area (Å²) in [5.74, 6) is 1.06. The quantitative estimate of drug-likeness (QED) is 0.701. The first-order valence-corrected chi connectivity index (χ1v) is 12.0. The molecule has 178 valence electrons. The highest BCUT2D eigenvalue weighted by atomic mass is 16.5. The van der Waals surface area contributed by atoms with E-state index in [0.29, 0.717) is 29.6 Å². The van der Waals surface area contributed by atoms with E-state index in [-0.39, 0.29) is 17.5 Å². The molecule has 0 radical (unpaired) electrons. The Morgan fingerprint density at radius 2 is 1.81 bits per heavy atom. The molecular formula is C25H40N4O3. The lowest BCUT2D eigenvalue weighted by molar-refractivity contribution is -0.0163. The first-order valence-electron chi connectivity index (χ1n) is 12.0. The van der Waals surface area contributed by atoms with Gasteiger partial charge in [0.2, 0.25) is 0 Å². The Hall–Kier alpha value is -2.12. The number of carbonyl (C=O) groups excluding carboxylic acids is 2. The van der Waals surface area contributed by atoms with E-state index in [4.69, 9.17) is 4.74 Å². The maximum absolute atomic E-state index is 13.1. The molecule has 0 bridgehead atoms. The van der Waals surface area contributed by atoms with Crippen LogP contribution in [0, 0.1) is 18.8 Å². The first-order chi connectivity index (χ1) is 15.2. The second-order valence-electron chi connectivity index (χ2n) is 9.94. The Bertz CT molecular complexity index is 798. The molecule has 1 aromatic carbocycles. The topological polar surface area (TPSA) is 73.9 Å². The summed E-state index contributed by atoms with van der Waals surface area (Å²) in [4.78, 5) is 30.1. The van der Waals surface area contributed by atoms with E-state index in [1.54, 1.807) is 0 Å². The van der Waals surface area contributed by atoms with Gasteiger partial charge in [0.25, 0.3) is 5.91 Å². The van der Waals surface area contributed by atoms with E-state index in [0.717, 1.165) is 57.8 Å². The first kappa shape index (κ1) is 24.5. The molecule has 3 amide bonds. The number of morpholine rings is 1. The Balaban J connectivity index is 1.62. The fourth-order valence-electron chi connectivity index (χ4n) is 4.90. The standard InChI is InChI=1S/C25H40N4O3/c1-6-25(5,29-9-11-32-12-10-29)17-26-24(31)27-22-14-21(8-7-20(22)4)23(30)28-15-18(2)13-19(3)16-28/h7-8,14,18-19H,6,9-13,15-17H2,1-5H3,(H2,26,27,31)/t18-,19+,25-/m1/s1. The van der Waals surface area contributed by atoms with E-state index >= 15 is 0 Å². The number of ether oxygens (including phenoxy) is 1. The summed E-state index contributed by atoms with van der Waals surface area (Å²) in [5, 5.41) is 6.00. The van der Waals surface area contributed by atoms with E-state index < -0.39 is 0 Å². The molecule has 2 fully saturated rings. The number of amides is 3. The lowest BCUT2D eigenvalue weighted by atomic mass is 9.91. The molecule has 1 aromatic rings. The summed E-state index contributed by atoms with van der Waals surface area (Å²) in [7, 11) is 0. The highest BCUT2D eigenvalue weighted by Gasteiger charge is 2.32. The fraction of sp³-hybridized carbons (Fsp3) is 0.680. The van der Waals surface area contributed by atoms with Crippen molar-refractivity contribution in [2.24, 2.45) is 11.8 Å². The van der Waals surface area contributed by atoms with Crippen molar-refractivity contribution in [3.8, 4) is 0 Å². The minimum Gasteiger partial charge on any atom is -0.379 e. The van der Waals surface area contributed by atoms with Crippen molar-refractivity contribution < 1.29 is 14.3 Å². The van der Waals surface area contributed by atoms with E-state index in [1.807, 2.05) is 30.0 Å². The molecule has 0 unspecified atom stereocenters. The number of hydrogen-bond acceptors (Lipinski definition) is 4. The second-order valence-corrected chi connectivity index (χ2v) is 9.94. The Kier molecular flexibility index (Phi) is 8.17. The van der Waals surface area contributed by atoms with Crippen LogP contribution in [0.5, 0.6) is 0 Å². The smallest absolute Gasteiger partial charge is 0.319 e. The number of piperidine rings is 1. The molecule has 2 aliphatic rings. The molecule has 0 spiro atoms. The van der Waals surface area contributed by atoms with Gasteiger partial charge in [0.05, 0.1) is 13.2 Å². The highest BCUT2D eigenvalue weighted by Crippen LogP contribution is 2.25. The summed E-state index contributed by atoms with van der Waals surface area (Å²) in [5.41, 5.74) is 2.12. The minimum atomic E-state index is -0.245. The Labute approximate surface area is 192 Å². The summed E-state index contributed by atoms with van der Waals surface area (Å²) >= 11 is 0. The van der Waals surface area contributed by atoms with Crippen molar-refractivity contribution in [3.63, 3.8) is 0 Å². The summed E-state index contributed by atoms with van der Waals surface area (Å²) in [6, 6.07) is 5.33. The van der Waals surface area contributed by atoms with E-state index in [1.165, 1.54) is 0 Å². The van der Waals surface area contributed by atoms with Gasteiger partial charge in [-0.2, -0.15) is 0 Å². The summed E-state index contributed by atoms with van der Waals surface area (Å²) in [6.07, 6.45) is 2.09. The number of hydrogen-bond donors (Lipinski definition) is 2. The molecule has 7 nitrogen and oxygen atoms in total. The molecule has 3 atom stereocenters. The van der Waals surface area contributed by atoms with Crippen LogP contribution in [0.4, 0.5) is 10.5 Å². The van der Waals surface area contributed by atoms with E-state index in [2.05, 4.69) is 43.2 Å². The fourth-order valence-corrected chi connectivity index (χ4v) is 4.90. The van der Waals surface area contributed by atoms with Crippen LogP contribution in [0.3, 0.4) is 0 Å². The maximum Gasteiger partial charge on any atom is 0.319 e. The van der Waals surface area contributed by atoms with Gasteiger partial charge in [0.1, 0.15) is 0 Å². The largest absolute Gasteiger partial charge is 0.379 e. The van der Waals surface area contributed by atoms with Crippen LogP contribution in [0.15, 0.2) is 18.2 Å². The number of nitrogens with one attached hydrogen (secondary N) is 2. The van der Waals surface area contributed by atoms with Gasteiger partial charge in [-0.1, -0.05) is 26.8 Å². The third-order valence-corrected chi connectivity index (χ3v) is 7.05. The summed E-state index contributed by atoms with van der Waals surface area (Å²) < 4.78 is 5.47. The van der Waals surface area contributed by atoms with Gasteiger partial charge in [0, 0.05) is 49.5 Å². The molecule has 2 saturated heterocycles. The van der Waals surface area contributed by atoms with Crippen molar-refractivity contribution in [2.45, 2.75) is 53.0 Å². The van der Waals surface area contributed by atoms with Crippen molar-refractivity contribution in [2.75, 3.05) is 51.3 Å². The highest BCUT2D eigenvalue weighted by molar-refractivity contribution is 5.97. The predicted molar refractivity (Wildman–Crippen MR) is 128 cm³/mol. The number of urea groups is 1. The zero-order valence-electron chi connectivity index (χ0n) is 20.4. The minimum absolute atomic E-state index is 0.0396. The van der Waals surface area contributed by atoms with Crippen LogP contribution in [0.25, 0.3) is 0 Å². The average Bonchev–Trinajstić information content (AvgIpc) is 2.78. The normalized spacial score (nSPS) is 24.0. The second kappa shape index (κ2) is 10.7. The van der Waals surface area contributed by atoms with Crippen LogP contribution in [-0.2, 0) is 4.74 Å². The summed E-state index contributed by atoms with van der Waals surface area (Å²) in [6.45, 7) is 16.0. The zero-order valence-corrected chi connectivity index (χ0v) is 20.4. The molecule has 2 N–H and O–H groups in total. The number of anilines is 1. The molecule has 2 heterocycles. The molecule has 2 aliphatic heterocycles.